The summed E-state index contributed by atoms with van der Waals surface area (Å²) in [6, 6.07) is 9.31. The fraction of sp³-hybridized carbons (Fsp3) is 0.522. The molecule has 0 saturated carbocycles. The van der Waals surface area contributed by atoms with Crippen LogP contribution in [-0.2, 0) is 9.53 Å². The summed E-state index contributed by atoms with van der Waals surface area (Å²) >= 11 is 0. The maximum atomic E-state index is 12.1. The van der Waals surface area contributed by atoms with Crippen molar-refractivity contribution in [3.63, 3.8) is 0 Å². The molecule has 3 rings (SSSR count). The normalized spacial score (nSPS) is 26.4. The largest absolute Gasteiger partial charge is 0.481 e. The molecule has 0 amide bonds. The number of allylic oxidation sites excluding steroid dienone is 2. The molecule has 0 aromatic heterocycles. The lowest BCUT2D eigenvalue weighted by Crippen LogP contribution is -2.29. The van der Waals surface area contributed by atoms with Gasteiger partial charge in [-0.3, -0.25) is 14.6 Å². The quantitative estimate of drug-likeness (QED) is 0.267. The van der Waals surface area contributed by atoms with Crippen LogP contribution >= 0.6 is 0 Å². The summed E-state index contributed by atoms with van der Waals surface area (Å²) < 4.78 is 6.10. The van der Waals surface area contributed by atoms with Crippen LogP contribution in [0.15, 0.2) is 47.5 Å². The molecule has 5 heteroatoms. The van der Waals surface area contributed by atoms with Gasteiger partial charge in [-0.2, -0.15) is 0 Å². The summed E-state index contributed by atoms with van der Waals surface area (Å²) in [6.45, 7) is 0.709. The highest BCUT2D eigenvalue weighted by Gasteiger charge is 2.47. The number of carbonyl (C=O) groups is 2. The van der Waals surface area contributed by atoms with Crippen molar-refractivity contribution < 1.29 is 19.4 Å². The minimum absolute atomic E-state index is 0.0920. The number of unbranched alkanes of at least 4 members (excludes halogenated alkanes) is 1. The third kappa shape index (κ3) is 5.61. The molecule has 2 fully saturated rings. The van der Waals surface area contributed by atoms with Crippen molar-refractivity contribution in [2.24, 2.45) is 16.8 Å². The Labute approximate surface area is 166 Å². The fourth-order valence-electron chi connectivity index (χ4n) is 4.28. The van der Waals surface area contributed by atoms with E-state index in [4.69, 9.17) is 9.84 Å². The molecule has 5 nitrogen and oxygen atoms in total. The molecule has 1 N–H and O–H groups in total. The van der Waals surface area contributed by atoms with Gasteiger partial charge in [-0.1, -0.05) is 42.5 Å². The number of carboxylic acids is 1. The van der Waals surface area contributed by atoms with E-state index in [9.17, 15) is 9.59 Å². The Hall–Kier alpha value is -2.27. The Balaban J connectivity index is 1.44. The summed E-state index contributed by atoms with van der Waals surface area (Å²) in [6.07, 6.45) is 11.8. The third-order valence-electron chi connectivity index (χ3n) is 5.74. The molecule has 0 spiro atoms. The van der Waals surface area contributed by atoms with Gasteiger partial charge in [-0.15, -0.1) is 0 Å². The number of hydrogen-bond donors (Lipinski definition) is 1. The summed E-state index contributed by atoms with van der Waals surface area (Å²) in [5.41, 5.74) is 0.725. The molecule has 2 saturated heterocycles. The molecule has 4 atom stereocenters. The molecule has 0 unspecified atom stereocenters. The van der Waals surface area contributed by atoms with E-state index in [1.807, 2.05) is 30.3 Å². The monoisotopic (exact) mass is 383 g/mol. The first-order valence-electron chi connectivity index (χ1n) is 10.2. The first-order chi connectivity index (χ1) is 13.6. The highest BCUT2D eigenvalue weighted by molar-refractivity contribution is 6.03. The van der Waals surface area contributed by atoms with Crippen LogP contribution in [0.5, 0.6) is 0 Å². The highest BCUT2D eigenvalue weighted by atomic mass is 16.5. The van der Waals surface area contributed by atoms with Crippen LogP contribution in [-0.4, -0.2) is 41.8 Å². The standard InChI is InChI=1S/C23H29NO4/c25-20(17-8-4-3-5-9-17)14-15-24-16-19-18(21-12-13-22(19)28-21)10-6-1-2-7-11-23(26)27/h1,3-6,8-9,15,18-19,21-22H,2,7,10-14,16H2,(H,26,27)/t18-,19+,21-,22+/m0/s1. The van der Waals surface area contributed by atoms with Gasteiger partial charge in [-0.25, -0.2) is 0 Å². The molecule has 2 heterocycles. The van der Waals surface area contributed by atoms with Crippen LogP contribution < -0.4 is 0 Å². The Morgan fingerprint density at radius 2 is 1.86 bits per heavy atom. The number of carbonyl (C=O) groups excluding carboxylic acids is 1. The third-order valence-corrected chi connectivity index (χ3v) is 5.74. The van der Waals surface area contributed by atoms with Crippen molar-refractivity contribution in [3.8, 4) is 0 Å². The number of Topliss-reactive ketones (excluding diaryl/α,β-unsaturated/α-hetero) is 1. The lowest BCUT2D eigenvalue weighted by atomic mass is 9.77. The van der Waals surface area contributed by atoms with Crippen LogP contribution in [0.3, 0.4) is 0 Å². The SMILES string of the molecule is O=C(O)CCCC=CC[C@H]1[C@@H](CN=CCC(=O)c2ccccc2)[C@H]2CC[C@@H]1O2. The number of aliphatic imine (C=N–C) groups is 1. The van der Waals surface area contributed by atoms with E-state index in [2.05, 4.69) is 17.1 Å². The van der Waals surface area contributed by atoms with E-state index in [0.29, 0.717) is 37.3 Å². The fourth-order valence-corrected chi connectivity index (χ4v) is 4.28. The van der Waals surface area contributed by atoms with Crippen LogP contribution in [0.4, 0.5) is 0 Å². The van der Waals surface area contributed by atoms with Crippen LogP contribution in [0.2, 0.25) is 0 Å². The number of rotatable bonds is 11. The molecule has 1 aromatic rings. The Bertz CT molecular complexity index is 713. The van der Waals surface area contributed by atoms with Gasteiger partial charge in [0, 0.05) is 37.1 Å². The number of ether oxygens (including phenoxy) is 1. The average Bonchev–Trinajstić information content (AvgIpc) is 3.30. The minimum atomic E-state index is -0.737. The molecule has 150 valence electrons. The minimum Gasteiger partial charge on any atom is -0.481 e. The predicted octanol–water partition coefficient (Wildman–Crippen LogP) is 4.33. The summed E-state index contributed by atoms with van der Waals surface area (Å²) in [4.78, 5) is 27.2. The zero-order valence-electron chi connectivity index (χ0n) is 16.2. The van der Waals surface area contributed by atoms with E-state index >= 15 is 0 Å². The Kier molecular flexibility index (Phi) is 7.54. The first-order valence-corrected chi connectivity index (χ1v) is 10.2. The topological polar surface area (TPSA) is 76.0 Å². The van der Waals surface area contributed by atoms with E-state index < -0.39 is 5.97 Å². The molecule has 2 bridgehead atoms. The summed E-state index contributed by atoms with van der Waals surface area (Å²) in [7, 11) is 0. The second-order valence-electron chi connectivity index (χ2n) is 7.65. The number of nitrogens with zero attached hydrogens (tertiary/aromatic N) is 1. The number of carboxylic acid groups (broad SMARTS) is 1. The van der Waals surface area contributed by atoms with Gasteiger partial charge in [0.2, 0.25) is 0 Å². The van der Waals surface area contributed by atoms with Crippen molar-refractivity contribution in [2.75, 3.05) is 6.54 Å². The van der Waals surface area contributed by atoms with Gasteiger partial charge >= 0.3 is 5.97 Å². The maximum Gasteiger partial charge on any atom is 0.303 e. The average molecular weight is 383 g/mol. The van der Waals surface area contributed by atoms with Gasteiger partial charge in [0.1, 0.15) is 0 Å². The molecule has 1 aromatic carbocycles. The number of fused-ring (bicyclic) bond motifs is 2. The number of aliphatic carboxylic acids is 1. The van der Waals surface area contributed by atoms with Crippen molar-refractivity contribution >= 4 is 18.0 Å². The van der Waals surface area contributed by atoms with Crippen LogP contribution in [0.25, 0.3) is 0 Å². The van der Waals surface area contributed by atoms with Crippen molar-refractivity contribution in [3.05, 3.63) is 48.0 Å². The molecule has 28 heavy (non-hydrogen) atoms. The van der Waals surface area contributed by atoms with Gasteiger partial charge in [-0.05, 0) is 38.0 Å². The number of benzene rings is 1. The Morgan fingerprint density at radius 1 is 1.11 bits per heavy atom. The maximum absolute atomic E-state index is 12.1. The number of hydrogen-bond acceptors (Lipinski definition) is 4. The summed E-state index contributed by atoms with van der Waals surface area (Å²) in [5.74, 6) is 0.231. The molecular weight excluding hydrogens is 354 g/mol. The zero-order chi connectivity index (χ0) is 19.8. The molecule has 0 aliphatic carbocycles. The predicted molar refractivity (Wildman–Crippen MR) is 109 cm³/mol. The summed E-state index contributed by atoms with van der Waals surface area (Å²) in [5, 5.41) is 8.68. The smallest absolute Gasteiger partial charge is 0.303 e. The molecule has 2 aliphatic heterocycles. The number of ketones is 1. The van der Waals surface area contributed by atoms with Crippen LogP contribution in [0.1, 0.15) is 55.3 Å². The second kappa shape index (κ2) is 10.3. The van der Waals surface area contributed by atoms with Crippen LogP contribution in [0, 0.1) is 11.8 Å². The van der Waals surface area contributed by atoms with Gasteiger partial charge in [0.05, 0.1) is 12.2 Å². The molecule has 0 radical (unpaired) electrons. The van der Waals surface area contributed by atoms with Gasteiger partial charge in [0.15, 0.2) is 5.78 Å². The van der Waals surface area contributed by atoms with Crippen molar-refractivity contribution in [1.29, 1.82) is 0 Å². The van der Waals surface area contributed by atoms with Gasteiger partial charge < -0.3 is 9.84 Å². The lowest BCUT2D eigenvalue weighted by Gasteiger charge is -2.25. The molecule has 2 aliphatic rings. The van der Waals surface area contributed by atoms with E-state index in [-0.39, 0.29) is 18.3 Å². The zero-order valence-corrected chi connectivity index (χ0v) is 16.2. The van der Waals surface area contributed by atoms with Gasteiger partial charge in [0.25, 0.3) is 0 Å². The van der Waals surface area contributed by atoms with Crippen molar-refractivity contribution in [2.45, 2.75) is 57.2 Å². The second-order valence-corrected chi connectivity index (χ2v) is 7.65. The van der Waals surface area contributed by atoms with E-state index in [1.54, 1.807) is 6.21 Å². The van der Waals surface area contributed by atoms with E-state index in [1.165, 1.54) is 0 Å². The highest BCUT2D eigenvalue weighted by Crippen LogP contribution is 2.45. The lowest BCUT2D eigenvalue weighted by molar-refractivity contribution is -0.137. The van der Waals surface area contributed by atoms with E-state index in [0.717, 1.165) is 31.2 Å². The molecular formula is C23H29NO4. The first kappa shape index (κ1) is 20.5. The van der Waals surface area contributed by atoms with Crippen molar-refractivity contribution in [1.82, 2.24) is 0 Å². The Morgan fingerprint density at radius 3 is 2.61 bits per heavy atom.